The van der Waals surface area contributed by atoms with Crippen molar-refractivity contribution in [2.24, 2.45) is 25.7 Å². The molecule has 170 valence electrons. The summed E-state index contributed by atoms with van der Waals surface area (Å²) in [4.78, 5) is 28.5. The number of aromatic amines is 1. The molecule has 4 aromatic rings. The number of hydrogen-bond acceptors (Lipinski definition) is 6. The molecule has 0 unspecified atom stereocenters. The van der Waals surface area contributed by atoms with Crippen LogP contribution < -0.4 is 32.9 Å². The summed E-state index contributed by atoms with van der Waals surface area (Å²) < 4.78 is 9.27. The van der Waals surface area contributed by atoms with E-state index in [-0.39, 0.29) is 11.1 Å². The first kappa shape index (κ1) is 22.0. The minimum absolute atomic E-state index is 0.206. The third-order valence-electron chi connectivity index (χ3n) is 5.68. The predicted octanol–water partition coefficient (Wildman–Crippen LogP) is 2.36. The topological polar surface area (TPSA) is 133 Å². The van der Waals surface area contributed by atoms with Crippen LogP contribution in [0.3, 0.4) is 0 Å². The Hall–Kier alpha value is -4.24. The number of pyridine rings is 2. The number of hydrazine groups is 1. The van der Waals surface area contributed by atoms with Gasteiger partial charge in [-0.3, -0.25) is 15.4 Å². The Morgan fingerprint density at radius 1 is 1.06 bits per heavy atom. The number of para-hydroxylation sites is 1. The van der Waals surface area contributed by atoms with Gasteiger partial charge in [0.2, 0.25) is 0 Å². The lowest BCUT2D eigenvalue weighted by molar-refractivity contribution is 0.470. The van der Waals surface area contributed by atoms with Crippen molar-refractivity contribution in [3.63, 3.8) is 0 Å². The number of fused-ring (bicyclic) bond motifs is 1. The van der Waals surface area contributed by atoms with Crippen molar-refractivity contribution in [3.8, 4) is 22.6 Å². The molecule has 9 nitrogen and oxygen atoms in total. The number of aromatic nitrogens is 3. The zero-order valence-corrected chi connectivity index (χ0v) is 18.9. The molecule has 0 saturated heterocycles. The minimum atomic E-state index is -0.227. The number of ether oxygens (including phenoxy) is 1. The van der Waals surface area contributed by atoms with Gasteiger partial charge in [0.1, 0.15) is 11.3 Å². The van der Waals surface area contributed by atoms with E-state index >= 15 is 0 Å². The van der Waals surface area contributed by atoms with Gasteiger partial charge in [-0.1, -0.05) is 18.2 Å². The number of nitrogens with zero attached hydrogens (tertiary/aromatic N) is 2. The van der Waals surface area contributed by atoms with Gasteiger partial charge < -0.3 is 30.0 Å². The summed E-state index contributed by atoms with van der Waals surface area (Å²) in [6.07, 6.45) is 4.65. The van der Waals surface area contributed by atoms with Crippen molar-refractivity contribution in [1.82, 2.24) is 19.5 Å². The summed E-state index contributed by atoms with van der Waals surface area (Å²) >= 11 is 0. The van der Waals surface area contributed by atoms with Crippen LogP contribution in [0.25, 0.3) is 27.7 Å². The molecule has 0 radical (unpaired) electrons. The quantitative estimate of drug-likeness (QED) is 0.275. The number of nitrogens with two attached hydrogens (primary N) is 2. The van der Waals surface area contributed by atoms with E-state index in [9.17, 15) is 9.59 Å². The monoisotopic (exact) mass is 446 g/mol. The maximum Gasteiger partial charge on any atom is 0.274 e. The average Bonchev–Trinajstić information content (AvgIpc) is 3.22. The van der Waals surface area contributed by atoms with Gasteiger partial charge in [-0.05, 0) is 31.0 Å². The van der Waals surface area contributed by atoms with Gasteiger partial charge in [0.25, 0.3) is 11.1 Å². The van der Waals surface area contributed by atoms with Gasteiger partial charge in [-0.15, -0.1) is 0 Å². The van der Waals surface area contributed by atoms with Crippen molar-refractivity contribution >= 4 is 16.6 Å². The lowest BCUT2D eigenvalue weighted by atomic mass is 10.0. The zero-order valence-electron chi connectivity index (χ0n) is 18.9. The summed E-state index contributed by atoms with van der Waals surface area (Å²) in [6.45, 7) is 3.93. The van der Waals surface area contributed by atoms with Gasteiger partial charge in [-0.25, -0.2) is 0 Å². The molecule has 0 bridgehead atoms. The third-order valence-corrected chi connectivity index (χ3v) is 5.68. The predicted molar refractivity (Wildman–Crippen MR) is 130 cm³/mol. The van der Waals surface area contributed by atoms with Crippen LogP contribution in [0.5, 0.6) is 11.5 Å². The van der Waals surface area contributed by atoms with Gasteiger partial charge in [-0.2, -0.15) is 0 Å². The maximum atomic E-state index is 12.8. The smallest absolute Gasteiger partial charge is 0.274 e. The second kappa shape index (κ2) is 8.36. The fourth-order valence-corrected chi connectivity index (χ4v) is 3.88. The Balaban J connectivity index is 2.02. The van der Waals surface area contributed by atoms with Crippen LogP contribution in [0.1, 0.15) is 16.8 Å². The molecular formula is C24H26N6O3. The average molecular weight is 447 g/mol. The highest BCUT2D eigenvalue weighted by molar-refractivity contribution is 5.97. The first-order chi connectivity index (χ1) is 15.7. The molecule has 0 fully saturated rings. The highest BCUT2D eigenvalue weighted by atomic mass is 16.5. The Morgan fingerprint density at radius 2 is 1.76 bits per heavy atom. The molecule has 0 aliphatic heterocycles. The van der Waals surface area contributed by atoms with Gasteiger partial charge in [0, 0.05) is 49.1 Å². The van der Waals surface area contributed by atoms with Crippen molar-refractivity contribution in [3.05, 3.63) is 86.5 Å². The van der Waals surface area contributed by atoms with Crippen molar-refractivity contribution in [2.75, 3.05) is 0 Å². The van der Waals surface area contributed by atoms with Gasteiger partial charge in [0.15, 0.2) is 5.75 Å². The molecule has 0 atom stereocenters. The Kier molecular flexibility index (Phi) is 5.57. The summed E-state index contributed by atoms with van der Waals surface area (Å²) in [5.74, 6) is 6.77. The van der Waals surface area contributed by atoms with Crippen LogP contribution in [-0.4, -0.2) is 14.1 Å². The molecule has 3 heterocycles. The van der Waals surface area contributed by atoms with Crippen molar-refractivity contribution in [1.29, 1.82) is 0 Å². The van der Waals surface area contributed by atoms with Crippen LogP contribution >= 0.6 is 0 Å². The molecular weight excluding hydrogens is 420 g/mol. The van der Waals surface area contributed by atoms with Crippen LogP contribution in [0, 0.1) is 13.8 Å². The number of benzene rings is 1. The Labute approximate surface area is 189 Å². The molecule has 0 aliphatic rings. The molecule has 0 spiro atoms. The summed E-state index contributed by atoms with van der Waals surface area (Å²) in [5.41, 5.74) is 12.2. The van der Waals surface area contributed by atoms with Crippen LogP contribution in [0.2, 0.25) is 0 Å². The molecule has 1 aromatic carbocycles. The Morgan fingerprint density at radius 3 is 2.39 bits per heavy atom. The minimum Gasteiger partial charge on any atom is -0.455 e. The normalized spacial score (nSPS) is 11.7. The molecule has 33 heavy (non-hydrogen) atoms. The largest absolute Gasteiger partial charge is 0.455 e. The van der Waals surface area contributed by atoms with E-state index in [4.69, 9.17) is 16.3 Å². The van der Waals surface area contributed by atoms with E-state index < -0.39 is 0 Å². The van der Waals surface area contributed by atoms with E-state index in [2.05, 4.69) is 10.4 Å². The molecule has 0 aliphatic carbocycles. The molecule has 6 N–H and O–H groups in total. The molecule has 9 heteroatoms. The number of rotatable bonds is 5. The summed E-state index contributed by atoms with van der Waals surface area (Å²) in [5, 5.41) is 0.613. The molecule has 4 rings (SSSR count). The number of hydrogen-bond donors (Lipinski definition) is 4. The maximum absolute atomic E-state index is 12.8. The first-order valence-corrected chi connectivity index (χ1v) is 10.3. The first-order valence-electron chi connectivity index (χ1n) is 10.3. The zero-order chi connectivity index (χ0) is 23.9. The highest BCUT2D eigenvalue weighted by Crippen LogP contribution is 2.37. The summed E-state index contributed by atoms with van der Waals surface area (Å²) in [7, 11) is 3.32. The number of nitrogens with one attached hydrogen (secondary N) is 2. The second-order valence-corrected chi connectivity index (χ2v) is 7.98. The molecule has 0 saturated carbocycles. The molecule has 0 amide bonds. The van der Waals surface area contributed by atoms with Crippen molar-refractivity contribution < 1.29 is 4.74 Å². The number of H-pyrrole nitrogens is 1. The van der Waals surface area contributed by atoms with E-state index in [1.807, 2.05) is 32.0 Å². The van der Waals surface area contributed by atoms with E-state index in [1.165, 1.54) is 21.4 Å². The van der Waals surface area contributed by atoms with Gasteiger partial charge in [0.05, 0.1) is 17.6 Å². The van der Waals surface area contributed by atoms with E-state index in [1.54, 1.807) is 32.6 Å². The lowest BCUT2D eigenvalue weighted by Crippen LogP contribution is -2.21. The fraction of sp³-hybridized carbons (Fsp3) is 0.167. The summed E-state index contributed by atoms with van der Waals surface area (Å²) in [6, 6.07) is 9.17. The van der Waals surface area contributed by atoms with Crippen molar-refractivity contribution in [2.45, 2.75) is 13.8 Å². The third kappa shape index (κ3) is 3.79. The SMILES string of the molecule is Cc1cccc(C)c1Oc1cn(C)c(=O)cc1-c1cn(C)c(=O)c2[nH]c(/C(=C/N)NN)cc12. The van der Waals surface area contributed by atoms with Crippen LogP contribution in [0.15, 0.2) is 58.5 Å². The van der Waals surface area contributed by atoms with Gasteiger partial charge >= 0.3 is 0 Å². The number of aryl methyl sites for hydroxylation is 4. The standard InChI is InChI=1S/C24H26N6O3/c1-13-6-5-7-14(2)23(13)33-20-12-29(3)21(31)9-15(20)17-11-30(4)24(32)22-16(17)8-18(27-22)19(10-25)28-26/h5-12,27-28H,25-26H2,1-4H3/b19-10-. The van der Waals surface area contributed by atoms with Crippen LogP contribution in [-0.2, 0) is 14.1 Å². The fourth-order valence-electron chi connectivity index (χ4n) is 3.88. The van der Waals surface area contributed by atoms with E-state index in [0.717, 1.165) is 11.1 Å². The molecule has 3 aromatic heterocycles. The van der Waals surface area contributed by atoms with E-state index in [0.29, 0.717) is 44.9 Å². The highest BCUT2D eigenvalue weighted by Gasteiger charge is 2.19. The lowest BCUT2D eigenvalue weighted by Gasteiger charge is -2.17. The Bertz CT molecular complexity index is 1500. The second-order valence-electron chi connectivity index (χ2n) is 7.98. The van der Waals surface area contributed by atoms with Crippen LogP contribution in [0.4, 0.5) is 0 Å².